The Morgan fingerprint density at radius 3 is 2.71 bits per heavy atom. The van der Waals surface area contributed by atoms with Gasteiger partial charge in [-0.05, 0) is 55.0 Å². The zero-order valence-corrected chi connectivity index (χ0v) is 14.6. The smallest absolute Gasteiger partial charge is 0.270 e. The first-order valence-corrected chi connectivity index (χ1v) is 8.86. The molecule has 126 valence electrons. The van der Waals surface area contributed by atoms with Crippen LogP contribution in [0.3, 0.4) is 0 Å². The van der Waals surface area contributed by atoms with Gasteiger partial charge >= 0.3 is 0 Å². The van der Waals surface area contributed by atoms with Crippen LogP contribution in [0, 0.1) is 6.92 Å². The minimum atomic E-state index is -0.0719. The molecule has 0 aliphatic heterocycles. The molecule has 1 aliphatic carbocycles. The Labute approximate surface area is 147 Å². The van der Waals surface area contributed by atoms with Crippen LogP contribution in [0.5, 0.6) is 0 Å². The van der Waals surface area contributed by atoms with Crippen LogP contribution in [0.4, 0.5) is 0 Å². The topological polar surface area (TPSA) is 54.9 Å². The van der Waals surface area contributed by atoms with Gasteiger partial charge in [0.1, 0.15) is 10.8 Å². The molecular weight excluding hydrogens is 322 g/mol. The van der Waals surface area contributed by atoms with E-state index in [9.17, 15) is 4.79 Å². The maximum absolute atomic E-state index is 12.5. The molecule has 0 saturated heterocycles. The third kappa shape index (κ3) is 4.32. The van der Waals surface area contributed by atoms with E-state index >= 15 is 0 Å². The Kier molecular flexibility index (Phi) is 5.46. The lowest BCUT2D eigenvalue weighted by molar-refractivity contribution is 0.0922. The molecule has 3 rings (SSSR count). The molecule has 0 atom stereocenters. The van der Waals surface area contributed by atoms with Crippen LogP contribution in [0.2, 0.25) is 5.15 Å². The second-order valence-electron chi connectivity index (χ2n) is 6.47. The molecule has 2 heterocycles. The van der Waals surface area contributed by atoms with Crippen LogP contribution in [-0.2, 0) is 6.42 Å². The van der Waals surface area contributed by atoms with Gasteiger partial charge in [0.25, 0.3) is 5.91 Å². The molecule has 1 amide bonds. The van der Waals surface area contributed by atoms with E-state index in [0.717, 1.165) is 29.5 Å². The maximum Gasteiger partial charge on any atom is 0.270 e. The number of hydrogen-bond donors (Lipinski definition) is 1. The van der Waals surface area contributed by atoms with E-state index in [2.05, 4.69) is 15.3 Å². The Balaban J connectivity index is 1.72. The van der Waals surface area contributed by atoms with Crippen LogP contribution in [-0.4, -0.2) is 21.9 Å². The summed E-state index contributed by atoms with van der Waals surface area (Å²) >= 11 is 5.83. The molecule has 4 nitrogen and oxygen atoms in total. The first-order valence-electron chi connectivity index (χ1n) is 8.48. The van der Waals surface area contributed by atoms with Crippen LogP contribution >= 0.6 is 11.6 Å². The lowest BCUT2D eigenvalue weighted by Crippen LogP contribution is -2.36. The molecule has 0 radical (unpaired) electrons. The van der Waals surface area contributed by atoms with Gasteiger partial charge in [0, 0.05) is 18.4 Å². The third-order valence-corrected chi connectivity index (χ3v) is 4.79. The number of nitrogens with zero attached hydrogens (tertiary/aromatic N) is 2. The average molecular weight is 344 g/mol. The molecule has 1 N–H and O–H groups in total. The van der Waals surface area contributed by atoms with Gasteiger partial charge in [0.2, 0.25) is 0 Å². The third-order valence-electron chi connectivity index (χ3n) is 4.57. The minimum absolute atomic E-state index is 0.0719. The Morgan fingerprint density at radius 1 is 1.21 bits per heavy atom. The molecule has 1 saturated carbocycles. The van der Waals surface area contributed by atoms with E-state index in [-0.39, 0.29) is 5.91 Å². The number of pyridine rings is 2. The molecule has 2 aromatic rings. The van der Waals surface area contributed by atoms with E-state index < -0.39 is 0 Å². The molecule has 1 fully saturated rings. The number of halogens is 1. The summed E-state index contributed by atoms with van der Waals surface area (Å²) in [6, 6.07) is 5.92. The maximum atomic E-state index is 12.5. The number of aryl methyl sites for hydroxylation is 1. The summed E-state index contributed by atoms with van der Waals surface area (Å²) in [7, 11) is 0. The highest BCUT2D eigenvalue weighted by Gasteiger charge is 2.18. The first-order chi connectivity index (χ1) is 11.6. The number of hydrogen-bond acceptors (Lipinski definition) is 3. The first kappa shape index (κ1) is 16.9. The highest BCUT2D eigenvalue weighted by atomic mass is 35.5. The van der Waals surface area contributed by atoms with Gasteiger partial charge in [0.15, 0.2) is 0 Å². The summed E-state index contributed by atoms with van der Waals surface area (Å²) < 4.78 is 0. The Morgan fingerprint density at radius 2 is 2.00 bits per heavy atom. The summed E-state index contributed by atoms with van der Waals surface area (Å²) in [5.74, 6) is -0.0719. The number of rotatable bonds is 4. The molecule has 24 heavy (non-hydrogen) atoms. The zero-order chi connectivity index (χ0) is 16.9. The van der Waals surface area contributed by atoms with E-state index in [0.29, 0.717) is 23.3 Å². The molecule has 2 aromatic heterocycles. The number of nitrogens with one attached hydrogen (secondary N) is 1. The van der Waals surface area contributed by atoms with Gasteiger partial charge in [-0.25, -0.2) is 4.98 Å². The lowest BCUT2D eigenvalue weighted by Gasteiger charge is -2.22. The standard InChI is InChI=1S/C19H22ClN3O/c1-13-11-21-17(19(24)23-16-5-3-2-4-6-16)10-15(13)9-14-7-8-18(20)22-12-14/h7-8,10-12,16H,2-6,9H2,1H3,(H,23,24). The fraction of sp³-hybridized carbons (Fsp3) is 0.421. The second-order valence-corrected chi connectivity index (χ2v) is 6.86. The summed E-state index contributed by atoms with van der Waals surface area (Å²) in [6.07, 6.45) is 10.1. The van der Waals surface area contributed by atoms with Crippen LogP contribution < -0.4 is 5.32 Å². The van der Waals surface area contributed by atoms with Gasteiger partial charge in [-0.2, -0.15) is 0 Å². The molecule has 5 heteroatoms. The SMILES string of the molecule is Cc1cnc(C(=O)NC2CCCCC2)cc1Cc1ccc(Cl)nc1. The molecule has 0 spiro atoms. The highest BCUT2D eigenvalue weighted by Crippen LogP contribution is 2.19. The van der Waals surface area contributed by atoms with Crippen molar-refractivity contribution in [1.82, 2.24) is 15.3 Å². The fourth-order valence-corrected chi connectivity index (χ4v) is 3.23. The summed E-state index contributed by atoms with van der Waals surface area (Å²) in [5, 5.41) is 3.61. The number of carbonyl (C=O) groups is 1. The minimum Gasteiger partial charge on any atom is -0.348 e. The largest absolute Gasteiger partial charge is 0.348 e. The normalized spacial score (nSPS) is 15.2. The van der Waals surface area contributed by atoms with E-state index in [1.54, 1.807) is 18.5 Å². The van der Waals surface area contributed by atoms with Crippen molar-refractivity contribution in [3.8, 4) is 0 Å². The summed E-state index contributed by atoms with van der Waals surface area (Å²) in [4.78, 5) is 20.9. The van der Waals surface area contributed by atoms with Gasteiger partial charge in [0.05, 0.1) is 0 Å². The van der Waals surface area contributed by atoms with E-state index in [4.69, 9.17) is 11.6 Å². The predicted octanol–water partition coefficient (Wildman–Crippen LogP) is 4.09. The van der Waals surface area contributed by atoms with Crippen molar-refractivity contribution in [3.63, 3.8) is 0 Å². The van der Waals surface area contributed by atoms with Crippen molar-refractivity contribution in [2.75, 3.05) is 0 Å². The van der Waals surface area contributed by atoms with Gasteiger partial charge < -0.3 is 5.32 Å². The average Bonchev–Trinajstić information content (AvgIpc) is 2.59. The Hall–Kier alpha value is -1.94. The number of carbonyl (C=O) groups excluding carboxylic acids is 1. The molecular formula is C19H22ClN3O. The quantitative estimate of drug-likeness (QED) is 0.850. The van der Waals surface area contributed by atoms with Crippen molar-refractivity contribution < 1.29 is 4.79 Å². The van der Waals surface area contributed by atoms with Crippen LogP contribution in [0.15, 0.2) is 30.6 Å². The van der Waals surface area contributed by atoms with Crippen molar-refractivity contribution >= 4 is 17.5 Å². The van der Waals surface area contributed by atoms with Gasteiger partial charge in [-0.3, -0.25) is 9.78 Å². The summed E-state index contributed by atoms with van der Waals surface area (Å²) in [6.45, 7) is 2.01. The zero-order valence-electron chi connectivity index (χ0n) is 13.9. The second kappa shape index (κ2) is 7.75. The monoisotopic (exact) mass is 343 g/mol. The molecule has 0 unspecified atom stereocenters. The molecule has 1 aliphatic rings. The lowest BCUT2D eigenvalue weighted by atomic mass is 9.95. The van der Waals surface area contributed by atoms with Crippen molar-refractivity contribution in [2.45, 2.75) is 51.5 Å². The predicted molar refractivity (Wildman–Crippen MR) is 95.4 cm³/mol. The van der Waals surface area contributed by atoms with Crippen LogP contribution in [0.25, 0.3) is 0 Å². The fourth-order valence-electron chi connectivity index (χ4n) is 3.12. The molecule has 0 bridgehead atoms. The Bertz CT molecular complexity index is 709. The van der Waals surface area contributed by atoms with E-state index in [1.807, 2.05) is 19.1 Å². The van der Waals surface area contributed by atoms with Crippen molar-refractivity contribution in [1.29, 1.82) is 0 Å². The van der Waals surface area contributed by atoms with Crippen molar-refractivity contribution in [3.05, 3.63) is 58.1 Å². The van der Waals surface area contributed by atoms with Crippen molar-refractivity contribution in [2.24, 2.45) is 0 Å². The van der Waals surface area contributed by atoms with Crippen LogP contribution in [0.1, 0.15) is 59.3 Å². The number of amides is 1. The van der Waals surface area contributed by atoms with E-state index in [1.165, 1.54) is 19.3 Å². The summed E-state index contributed by atoms with van der Waals surface area (Å²) in [5.41, 5.74) is 3.71. The van der Waals surface area contributed by atoms with Gasteiger partial charge in [-0.15, -0.1) is 0 Å². The molecule has 0 aromatic carbocycles. The van der Waals surface area contributed by atoms with Gasteiger partial charge in [-0.1, -0.05) is 36.9 Å². The number of aromatic nitrogens is 2. The highest BCUT2D eigenvalue weighted by molar-refractivity contribution is 6.29.